The number of hydrogen-bond acceptors (Lipinski definition) is 5. The Hall–Kier alpha value is -3.00. The summed E-state index contributed by atoms with van der Waals surface area (Å²) < 4.78 is 1.88. The molecule has 1 amide bonds. The van der Waals surface area contributed by atoms with Gasteiger partial charge in [-0.2, -0.15) is 0 Å². The number of anilines is 1. The van der Waals surface area contributed by atoms with Crippen LogP contribution >= 0.6 is 35.0 Å². The standard InChI is InChI=1S/C22H16Cl2N4O2S/c23-18-11-8-15(12-19(18)24)25-20(30)13-31-22-27-26-21(14-6-9-17(29)10-7-14)28(22)16-4-2-1-3-5-16/h1-12,29H,13H2,(H,25,30). The van der Waals surface area contributed by atoms with E-state index in [1.807, 2.05) is 34.9 Å². The lowest BCUT2D eigenvalue weighted by Crippen LogP contribution is -2.14. The summed E-state index contributed by atoms with van der Waals surface area (Å²) in [4.78, 5) is 12.5. The van der Waals surface area contributed by atoms with Gasteiger partial charge in [-0.05, 0) is 54.6 Å². The summed E-state index contributed by atoms with van der Waals surface area (Å²) in [7, 11) is 0. The molecule has 0 radical (unpaired) electrons. The van der Waals surface area contributed by atoms with Gasteiger partial charge in [-0.3, -0.25) is 9.36 Å². The number of phenols is 1. The molecule has 1 aromatic heterocycles. The maximum Gasteiger partial charge on any atom is 0.234 e. The van der Waals surface area contributed by atoms with Gasteiger partial charge in [0.15, 0.2) is 11.0 Å². The van der Waals surface area contributed by atoms with Crippen LogP contribution in [0.5, 0.6) is 5.75 Å². The lowest BCUT2D eigenvalue weighted by Gasteiger charge is -2.11. The molecule has 6 nitrogen and oxygen atoms in total. The molecule has 3 aromatic carbocycles. The summed E-state index contributed by atoms with van der Waals surface area (Å²) in [5, 5.41) is 22.4. The molecule has 0 aliphatic heterocycles. The number of thioether (sulfide) groups is 1. The van der Waals surface area contributed by atoms with Crippen molar-refractivity contribution >= 4 is 46.6 Å². The third kappa shape index (κ3) is 5.02. The quantitative estimate of drug-likeness (QED) is 0.354. The van der Waals surface area contributed by atoms with Gasteiger partial charge in [-0.15, -0.1) is 10.2 Å². The Bertz CT molecular complexity index is 1210. The number of aromatic hydroxyl groups is 1. The Morgan fingerprint density at radius 1 is 0.968 bits per heavy atom. The fourth-order valence-corrected chi connectivity index (χ4v) is 3.92. The van der Waals surface area contributed by atoms with Crippen LogP contribution in [0.1, 0.15) is 0 Å². The van der Waals surface area contributed by atoms with Gasteiger partial charge in [0.05, 0.1) is 15.8 Å². The average Bonchev–Trinajstić information content (AvgIpc) is 3.20. The first-order chi connectivity index (χ1) is 15.0. The predicted octanol–water partition coefficient (Wildman–Crippen LogP) is 5.68. The summed E-state index contributed by atoms with van der Waals surface area (Å²) in [6.45, 7) is 0. The summed E-state index contributed by atoms with van der Waals surface area (Å²) >= 11 is 13.2. The Morgan fingerprint density at radius 3 is 2.42 bits per heavy atom. The van der Waals surface area contributed by atoms with Crippen molar-refractivity contribution in [3.8, 4) is 22.8 Å². The summed E-state index contributed by atoms with van der Waals surface area (Å²) in [6.07, 6.45) is 0. The van der Waals surface area contributed by atoms with Gasteiger partial charge in [0, 0.05) is 16.9 Å². The van der Waals surface area contributed by atoms with E-state index in [0.29, 0.717) is 26.7 Å². The number of phenolic OH excluding ortho intramolecular Hbond substituents is 1. The fraction of sp³-hybridized carbons (Fsp3) is 0.0455. The van der Waals surface area contributed by atoms with Crippen molar-refractivity contribution in [2.45, 2.75) is 5.16 Å². The number of nitrogens with zero attached hydrogens (tertiary/aromatic N) is 3. The monoisotopic (exact) mass is 470 g/mol. The maximum absolute atomic E-state index is 12.5. The first-order valence-electron chi connectivity index (χ1n) is 9.19. The molecule has 0 saturated carbocycles. The van der Waals surface area contributed by atoms with Crippen LogP contribution in [-0.2, 0) is 4.79 Å². The summed E-state index contributed by atoms with van der Waals surface area (Å²) in [5.41, 5.74) is 2.22. The number of carbonyl (C=O) groups is 1. The second-order valence-corrected chi connectivity index (χ2v) is 8.25. The second-order valence-electron chi connectivity index (χ2n) is 6.49. The molecule has 9 heteroatoms. The number of benzene rings is 3. The van der Waals surface area contributed by atoms with Crippen LogP contribution in [-0.4, -0.2) is 31.5 Å². The van der Waals surface area contributed by atoms with E-state index in [0.717, 1.165) is 11.3 Å². The largest absolute Gasteiger partial charge is 0.508 e. The van der Waals surface area contributed by atoms with Crippen molar-refractivity contribution in [3.63, 3.8) is 0 Å². The molecule has 1 heterocycles. The Labute approximate surface area is 192 Å². The lowest BCUT2D eigenvalue weighted by atomic mass is 10.2. The first-order valence-corrected chi connectivity index (χ1v) is 10.9. The third-order valence-electron chi connectivity index (χ3n) is 4.31. The van der Waals surface area contributed by atoms with Crippen LogP contribution in [0.3, 0.4) is 0 Å². The van der Waals surface area contributed by atoms with Crippen LogP contribution in [0, 0.1) is 0 Å². The van der Waals surface area contributed by atoms with Gasteiger partial charge in [0.2, 0.25) is 5.91 Å². The zero-order chi connectivity index (χ0) is 21.8. The SMILES string of the molecule is O=C(CSc1nnc(-c2ccc(O)cc2)n1-c1ccccc1)Nc1ccc(Cl)c(Cl)c1. The number of nitrogens with one attached hydrogen (secondary N) is 1. The molecule has 0 unspecified atom stereocenters. The Balaban J connectivity index is 1.57. The van der Waals surface area contributed by atoms with Crippen molar-refractivity contribution in [1.82, 2.24) is 14.8 Å². The highest BCUT2D eigenvalue weighted by Gasteiger charge is 2.17. The van der Waals surface area contributed by atoms with Crippen LogP contribution < -0.4 is 5.32 Å². The van der Waals surface area contributed by atoms with Crippen LogP contribution in [0.2, 0.25) is 10.0 Å². The molecule has 156 valence electrons. The molecule has 0 atom stereocenters. The third-order valence-corrected chi connectivity index (χ3v) is 5.98. The van der Waals surface area contributed by atoms with E-state index < -0.39 is 0 Å². The fourth-order valence-electron chi connectivity index (χ4n) is 2.87. The van der Waals surface area contributed by atoms with Crippen molar-refractivity contribution in [2.24, 2.45) is 0 Å². The van der Waals surface area contributed by atoms with Crippen molar-refractivity contribution in [2.75, 3.05) is 11.1 Å². The van der Waals surface area contributed by atoms with E-state index in [-0.39, 0.29) is 17.4 Å². The molecule has 0 fully saturated rings. The number of hydrogen-bond donors (Lipinski definition) is 2. The molecule has 0 aliphatic rings. The highest BCUT2D eigenvalue weighted by molar-refractivity contribution is 7.99. The lowest BCUT2D eigenvalue weighted by molar-refractivity contribution is -0.113. The highest BCUT2D eigenvalue weighted by Crippen LogP contribution is 2.29. The van der Waals surface area contributed by atoms with E-state index in [1.165, 1.54) is 11.8 Å². The van der Waals surface area contributed by atoms with E-state index >= 15 is 0 Å². The number of halogens is 2. The number of carbonyl (C=O) groups excluding carboxylic acids is 1. The van der Waals surface area contributed by atoms with Gasteiger partial charge in [-0.25, -0.2) is 0 Å². The molecule has 31 heavy (non-hydrogen) atoms. The molecule has 0 spiro atoms. The Morgan fingerprint density at radius 2 is 1.71 bits per heavy atom. The van der Waals surface area contributed by atoms with E-state index in [1.54, 1.807) is 42.5 Å². The van der Waals surface area contributed by atoms with Crippen molar-refractivity contribution < 1.29 is 9.90 Å². The Kier molecular flexibility index (Phi) is 6.46. The second kappa shape index (κ2) is 9.43. The van der Waals surface area contributed by atoms with Gasteiger partial charge >= 0.3 is 0 Å². The minimum Gasteiger partial charge on any atom is -0.508 e. The zero-order valence-electron chi connectivity index (χ0n) is 16.0. The van der Waals surface area contributed by atoms with Crippen LogP contribution in [0.15, 0.2) is 78.0 Å². The molecule has 0 bridgehead atoms. The molecule has 4 rings (SSSR count). The minimum atomic E-state index is -0.211. The molecular weight excluding hydrogens is 455 g/mol. The molecule has 2 N–H and O–H groups in total. The molecule has 4 aromatic rings. The number of amides is 1. The molecular formula is C22H16Cl2N4O2S. The average molecular weight is 471 g/mol. The van der Waals surface area contributed by atoms with Crippen molar-refractivity contribution in [3.05, 3.63) is 82.8 Å². The van der Waals surface area contributed by atoms with Crippen molar-refractivity contribution in [1.29, 1.82) is 0 Å². The van der Waals surface area contributed by atoms with E-state index in [2.05, 4.69) is 15.5 Å². The molecule has 0 aliphatic carbocycles. The van der Waals surface area contributed by atoms with Gasteiger partial charge in [0.1, 0.15) is 5.75 Å². The summed E-state index contributed by atoms with van der Waals surface area (Å²) in [6, 6.07) is 21.3. The highest BCUT2D eigenvalue weighted by atomic mass is 35.5. The number of para-hydroxylation sites is 1. The predicted molar refractivity (Wildman–Crippen MR) is 124 cm³/mol. The topological polar surface area (TPSA) is 80.0 Å². The van der Waals surface area contributed by atoms with E-state index in [4.69, 9.17) is 23.2 Å². The minimum absolute atomic E-state index is 0.126. The smallest absolute Gasteiger partial charge is 0.234 e. The number of rotatable bonds is 6. The van der Waals surface area contributed by atoms with Crippen LogP contribution in [0.4, 0.5) is 5.69 Å². The molecule has 0 saturated heterocycles. The summed E-state index contributed by atoms with van der Waals surface area (Å²) in [5.74, 6) is 0.694. The zero-order valence-corrected chi connectivity index (χ0v) is 18.3. The van der Waals surface area contributed by atoms with Gasteiger partial charge in [0.25, 0.3) is 0 Å². The first kappa shape index (κ1) is 21.2. The normalized spacial score (nSPS) is 10.8. The van der Waals surface area contributed by atoms with Crippen LogP contribution in [0.25, 0.3) is 17.1 Å². The number of aromatic nitrogens is 3. The maximum atomic E-state index is 12.5. The van der Waals surface area contributed by atoms with E-state index in [9.17, 15) is 9.90 Å². The van der Waals surface area contributed by atoms with Gasteiger partial charge in [-0.1, -0.05) is 53.2 Å². The van der Waals surface area contributed by atoms with Gasteiger partial charge < -0.3 is 10.4 Å².